The lowest BCUT2D eigenvalue weighted by Crippen LogP contribution is -2.04. The summed E-state index contributed by atoms with van der Waals surface area (Å²) in [5.74, 6) is -0.481. The second-order valence-corrected chi connectivity index (χ2v) is 1.63. The van der Waals surface area contributed by atoms with Gasteiger partial charge in [-0.05, 0) is 18.2 Å². The molecule has 3 nitrogen and oxygen atoms in total. The summed E-state index contributed by atoms with van der Waals surface area (Å²) in [7, 11) is 0. The van der Waals surface area contributed by atoms with Gasteiger partial charge in [0.05, 0.1) is 0 Å². The molecule has 0 aromatic carbocycles. The first-order chi connectivity index (χ1) is 5.27. The Morgan fingerprint density at radius 1 is 1.36 bits per heavy atom. The first-order valence-electron chi connectivity index (χ1n) is 3.04. The quantitative estimate of drug-likeness (QED) is 0.600. The zero-order valence-electron chi connectivity index (χ0n) is 6.10. The fraction of sp³-hybridized carbons (Fsp3) is 0. The third kappa shape index (κ3) is 8.36. The minimum Gasteiger partial charge on any atom is -0.366 e. The molecular weight excluding hydrogens is 140 g/mol. The molecule has 0 unspecified atom stereocenters. The number of nitrogens with zero attached hydrogens (tertiary/aromatic N) is 1. The van der Waals surface area contributed by atoms with E-state index in [2.05, 4.69) is 17.3 Å². The Kier molecular flexibility index (Phi) is 5.51. The molecule has 0 aliphatic heterocycles. The Hall–Kier alpha value is -1.64. The van der Waals surface area contributed by atoms with E-state index >= 15 is 0 Å². The van der Waals surface area contributed by atoms with Crippen molar-refractivity contribution in [2.24, 2.45) is 5.73 Å². The number of hydrogen-bond donors (Lipinski definition) is 1. The van der Waals surface area contributed by atoms with Gasteiger partial charge in [0, 0.05) is 12.4 Å². The van der Waals surface area contributed by atoms with Gasteiger partial charge in [0.2, 0.25) is 5.91 Å². The molecule has 0 radical (unpaired) electrons. The lowest BCUT2D eigenvalue weighted by molar-refractivity contribution is -0.113. The number of aromatic nitrogens is 1. The van der Waals surface area contributed by atoms with Gasteiger partial charge in [-0.25, -0.2) is 0 Å². The first-order valence-corrected chi connectivity index (χ1v) is 3.04. The summed E-state index contributed by atoms with van der Waals surface area (Å²) in [5.41, 5.74) is 4.53. The van der Waals surface area contributed by atoms with Crippen molar-refractivity contribution in [2.75, 3.05) is 0 Å². The number of primary amides is 1. The smallest absolute Gasteiger partial charge is 0.240 e. The molecule has 0 aliphatic rings. The second-order valence-electron chi connectivity index (χ2n) is 1.63. The average Bonchev–Trinajstić information content (AvgIpc) is 2.09. The van der Waals surface area contributed by atoms with E-state index in [0.29, 0.717) is 0 Å². The lowest BCUT2D eigenvalue weighted by Gasteiger charge is -1.70. The van der Waals surface area contributed by atoms with E-state index in [1.54, 1.807) is 12.4 Å². The molecule has 2 N–H and O–H groups in total. The maximum Gasteiger partial charge on any atom is 0.240 e. The van der Waals surface area contributed by atoms with E-state index in [9.17, 15) is 4.79 Å². The number of carbonyl (C=O) groups excluding carboxylic acids is 1. The van der Waals surface area contributed by atoms with Crippen LogP contribution in [0.25, 0.3) is 0 Å². The Labute approximate surface area is 65.6 Å². The van der Waals surface area contributed by atoms with Gasteiger partial charge in [-0.1, -0.05) is 12.6 Å². The van der Waals surface area contributed by atoms with Crippen molar-refractivity contribution >= 4 is 5.91 Å². The Balaban J connectivity index is 0.000000187. The molecule has 1 heterocycles. The summed E-state index contributed by atoms with van der Waals surface area (Å²) < 4.78 is 0. The summed E-state index contributed by atoms with van der Waals surface area (Å²) in [6.07, 6.45) is 4.56. The van der Waals surface area contributed by atoms with Gasteiger partial charge in [0.15, 0.2) is 0 Å². The van der Waals surface area contributed by atoms with Gasteiger partial charge < -0.3 is 5.73 Å². The Morgan fingerprint density at radius 2 is 1.82 bits per heavy atom. The summed E-state index contributed by atoms with van der Waals surface area (Å²) in [6.45, 7) is 3.09. The third-order valence-corrected chi connectivity index (χ3v) is 0.768. The Morgan fingerprint density at radius 3 is 1.91 bits per heavy atom. The number of pyridine rings is 1. The minimum absolute atomic E-state index is 0.481. The summed E-state index contributed by atoms with van der Waals surface area (Å²) in [6, 6.07) is 5.72. The van der Waals surface area contributed by atoms with Crippen molar-refractivity contribution < 1.29 is 4.79 Å². The number of carbonyl (C=O) groups is 1. The summed E-state index contributed by atoms with van der Waals surface area (Å²) in [5, 5.41) is 0. The van der Waals surface area contributed by atoms with Crippen LogP contribution < -0.4 is 5.73 Å². The molecule has 0 bridgehead atoms. The van der Waals surface area contributed by atoms with Crippen LogP contribution in [0.2, 0.25) is 0 Å². The van der Waals surface area contributed by atoms with E-state index in [-0.39, 0.29) is 0 Å². The molecule has 0 fully saturated rings. The number of amides is 1. The molecule has 0 aliphatic carbocycles. The van der Waals surface area contributed by atoms with Gasteiger partial charge in [-0.15, -0.1) is 0 Å². The zero-order valence-corrected chi connectivity index (χ0v) is 6.10. The van der Waals surface area contributed by atoms with Crippen molar-refractivity contribution in [1.82, 2.24) is 4.98 Å². The Bertz CT molecular complexity index is 182. The van der Waals surface area contributed by atoms with Gasteiger partial charge in [-0.2, -0.15) is 0 Å². The summed E-state index contributed by atoms with van der Waals surface area (Å²) in [4.78, 5) is 13.3. The van der Waals surface area contributed by atoms with Crippen LogP contribution in [0.1, 0.15) is 0 Å². The van der Waals surface area contributed by atoms with Crippen LogP contribution in [0.3, 0.4) is 0 Å². The monoisotopic (exact) mass is 150 g/mol. The minimum atomic E-state index is -0.481. The molecule has 3 heteroatoms. The molecule has 0 saturated carbocycles. The molecule has 11 heavy (non-hydrogen) atoms. The molecule has 58 valence electrons. The van der Waals surface area contributed by atoms with E-state index in [1.807, 2.05) is 18.2 Å². The van der Waals surface area contributed by atoms with Crippen LogP contribution >= 0.6 is 0 Å². The second kappa shape index (κ2) is 6.48. The lowest BCUT2D eigenvalue weighted by atomic mass is 10.5. The normalized spacial score (nSPS) is 7.27. The molecule has 1 amide bonds. The highest BCUT2D eigenvalue weighted by molar-refractivity contribution is 5.84. The molecule has 1 rings (SSSR count). The van der Waals surface area contributed by atoms with Gasteiger partial charge in [0.25, 0.3) is 0 Å². The largest absolute Gasteiger partial charge is 0.366 e. The van der Waals surface area contributed by atoms with Crippen molar-refractivity contribution in [1.29, 1.82) is 0 Å². The van der Waals surface area contributed by atoms with Gasteiger partial charge >= 0.3 is 0 Å². The van der Waals surface area contributed by atoms with Crippen molar-refractivity contribution in [3.05, 3.63) is 43.2 Å². The van der Waals surface area contributed by atoms with Crippen LogP contribution in [0.4, 0.5) is 0 Å². The third-order valence-electron chi connectivity index (χ3n) is 0.768. The molecule has 0 saturated heterocycles. The van der Waals surface area contributed by atoms with Crippen LogP contribution in [-0.4, -0.2) is 10.9 Å². The standard InChI is InChI=1S/C5H5N.C3H5NO/c1-2-4-6-5-3-1;1-2-3(4)5/h1-5H;2H,1H2,(H2,4,5). The predicted molar refractivity (Wildman–Crippen MR) is 43.6 cm³/mol. The molecule has 0 atom stereocenters. The van der Waals surface area contributed by atoms with Crippen molar-refractivity contribution in [3.8, 4) is 0 Å². The number of nitrogens with two attached hydrogens (primary N) is 1. The first kappa shape index (κ1) is 9.36. The van der Waals surface area contributed by atoms with E-state index in [4.69, 9.17) is 0 Å². The zero-order chi connectivity index (χ0) is 8.53. The van der Waals surface area contributed by atoms with Crippen LogP contribution in [-0.2, 0) is 4.79 Å². The van der Waals surface area contributed by atoms with Gasteiger partial charge in [0.1, 0.15) is 0 Å². The molecular formula is C8H10N2O. The SMILES string of the molecule is C=CC(N)=O.c1ccncc1. The average molecular weight is 150 g/mol. The number of rotatable bonds is 1. The molecule has 1 aromatic rings. The summed E-state index contributed by atoms with van der Waals surface area (Å²) >= 11 is 0. The molecule has 1 aromatic heterocycles. The van der Waals surface area contributed by atoms with Crippen LogP contribution in [0.15, 0.2) is 43.2 Å². The maximum absolute atomic E-state index is 9.47. The fourth-order valence-corrected chi connectivity index (χ4v) is 0.313. The van der Waals surface area contributed by atoms with E-state index in [1.165, 1.54) is 0 Å². The van der Waals surface area contributed by atoms with Crippen molar-refractivity contribution in [2.45, 2.75) is 0 Å². The van der Waals surface area contributed by atoms with Crippen molar-refractivity contribution in [3.63, 3.8) is 0 Å². The van der Waals surface area contributed by atoms with Gasteiger partial charge in [-0.3, -0.25) is 9.78 Å². The topological polar surface area (TPSA) is 56.0 Å². The van der Waals surface area contributed by atoms with E-state index < -0.39 is 5.91 Å². The van der Waals surface area contributed by atoms with Crippen LogP contribution in [0.5, 0.6) is 0 Å². The highest BCUT2D eigenvalue weighted by Gasteiger charge is 1.69. The van der Waals surface area contributed by atoms with E-state index in [0.717, 1.165) is 6.08 Å². The predicted octanol–water partition coefficient (Wildman–Crippen LogP) is 0.739. The molecule has 0 spiro atoms. The number of hydrogen-bond acceptors (Lipinski definition) is 2. The highest BCUT2D eigenvalue weighted by atomic mass is 16.1. The maximum atomic E-state index is 9.47. The van der Waals surface area contributed by atoms with Crippen LogP contribution in [0, 0.1) is 0 Å². The fourth-order valence-electron chi connectivity index (χ4n) is 0.313. The highest BCUT2D eigenvalue weighted by Crippen LogP contribution is 1.73.